The summed E-state index contributed by atoms with van der Waals surface area (Å²) in [4.78, 5) is 35.4. The Labute approximate surface area is 571 Å². The number of hydrogen-bond acceptors (Lipinski definition) is 8. The zero-order valence-electron chi connectivity index (χ0n) is 59.2. The van der Waals surface area contributed by atoms with Crippen LogP contribution in [0.3, 0.4) is 0 Å². The lowest BCUT2D eigenvalue weighted by Gasteiger charge is -2.19. The number of unbranched alkanes of at least 4 members (excludes halogenated alkanes) is 25. The number of esters is 2. The summed E-state index contributed by atoms with van der Waals surface area (Å²) < 4.78 is 33.2. The zero-order chi connectivity index (χ0) is 67.2. The van der Waals surface area contributed by atoms with E-state index in [2.05, 4.69) is 196 Å². The van der Waals surface area contributed by atoms with E-state index in [0.29, 0.717) is 6.42 Å². The molecule has 0 aromatic rings. The maximum Gasteiger partial charge on any atom is 0.472 e. The van der Waals surface area contributed by atoms with Gasteiger partial charge in [-0.25, -0.2) is 4.57 Å². The van der Waals surface area contributed by atoms with E-state index in [0.717, 1.165) is 148 Å². The minimum absolute atomic E-state index is 0.0453. The molecule has 2 atom stereocenters. The van der Waals surface area contributed by atoms with Gasteiger partial charge in [-0.2, -0.15) is 0 Å². The molecule has 0 saturated heterocycles. The molecular weight excluding hydrogens is 1170 g/mol. The second-order valence-electron chi connectivity index (χ2n) is 24.0. The molecule has 0 aliphatic carbocycles. The quantitative estimate of drug-likeness (QED) is 0.0264. The highest BCUT2D eigenvalue weighted by Gasteiger charge is 2.26. The first-order valence-corrected chi connectivity index (χ1v) is 38.8. The van der Waals surface area contributed by atoms with Gasteiger partial charge in [0.25, 0.3) is 0 Å². The van der Waals surface area contributed by atoms with Crippen LogP contribution in [0.2, 0.25) is 0 Å². The Bertz CT molecular complexity index is 2180. The summed E-state index contributed by atoms with van der Waals surface area (Å²) in [5.74, 6) is -0.838. The van der Waals surface area contributed by atoms with Crippen LogP contribution < -0.4 is 5.73 Å². The van der Waals surface area contributed by atoms with Crippen molar-refractivity contribution in [2.45, 2.75) is 302 Å². The molecule has 0 amide bonds. The van der Waals surface area contributed by atoms with Crippen LogP contribution in [-0.2, 0) is 32.7 Å². The van der Waals surface area contributed by atoms with Gasteiger partial charge in [0.15, 0.2) is 6.10 Å². The van der Waals surface area contributed by atoms with Gasteiger partial charge in [-0.1, -0.05) is 331 Å². The SMILES string of the molecule is CC/C=C\C/C=C\C/C=C\C/C=C\C/C=C\C/C=C\C/C=C\C/C=C\CCCCCCCCCCCCCCCCCCC(=O)OC(COC(=O)CCCCCCCCCCC/C=C\C/C=C\C/C=C\C/C=C\C/C=C\C/C=C\C/C=C\CC)COP(=O)(O)OCCN. The predicted molar refractivity (Wildman–Crippen MR) is 403 cm³/mol. The molecule has 9 nitrogen and oxygen atoms in total. The number of carbonyl (C=O) groups excluding carboxylic acids is 2. The van der Waals surface area contributed by atoms with Crippen molar-refractivity contribution in [1.29, 1.82) is 0 Å². The van der Waals surface area contributed by atoms with Gasteiger partial charge in [-0.05, 0) is 135 Å². The maximum atomic E-state index is 12.8. The molecule has 0 aliphatic heterocycles. The average molecular weight is 1310 g/mol. The maximum absolute atomic E-state index is 12.8. The van der Waals surface area contributed by atoms with Crippen molar-refractivity contribution in [2.75, 3.05) is 26.4 Å². The Hall–Kier alpha value is -4.89. The van der Waals surface area contributed by atoms with Gasteiger partial charge >= 0.3 is 19.8 Å². The summed E-state index contributed by atoms with van der Waals surface area (Å²) in [5, 5.41) is 0. The summed E-state index contributed by atoms with van der Waals surface area (Å²) in [6, 6.07) is 0. The fraction of sp³-hybridized carbons (Fsp3) is 0.614. The Morgan fingerprint density at radius 3 is 0.828 bits per heavy atom. The van der Waals surface area contributed by atoms with Gasteiger partial charge in [0.05, 0.1) is 13.2 Å². The normalized spacial score (nSPS) is 14.0. The van der Waals surface area contributed by atoms with Gasteiger partial charge in [0, 0.05) is 19.4 Å². The fourth-order valence-electron chi connectivity index (χ4n) is 9.87. The van der Waals surface area contributed by atoms with Crippen molar-refractivity contribution in [2.24, 2.45) is 5.73 Å². The van der Waals surface area contributed by atoms with E-state index in [1.807, 2.05) is 0 Å². The van der Waals surface area contributed by atoms with Crippen LogP contribution in [0.1, 0.15) is 296 Å². The summed E-state index contributed by atoms with van der Waals surface area (Å²) in [5.41, 5.74) is 5.41. The highest BCUT2D eigenvalue weighted by Crippen LogP contribution is 2.43. The van der Waals surface area contributed by atoms with Crippen LogP contribution in [0.25, 0.3) is 0 Å². The molecular formula is C83H136NO8P. The number of nitrogens with two attached hydrogens (primary N) is 1. The van der Waals surface area contributed by atoms with Crippen LogP contribution in [-0.4, -0.2) is 49.3 Å². The monoisotopic (exact) mass is 1310 g/mol. The number of ether oxygens (including phenoxy) is 2. The van der Waals surface area contributed by atoms with Crippen LogP contribution in [0, 0.1) is 0 Å². The molecule has 0 spiro atoms. The van der Waals surface area contributed by atoms with Crippen molar-refractivity contribution in [1.82, 2.24) is 0 Å². The minimum atomic E-state index is -4.41. The molecule has 0 saturated carbocycles. The first-order valence-electron chi connectivity index (χ1n) is 37.3. The van der Waals surface area contributed by atoms with Crippen molar-refractivity contribution >= 4 is 19.8 Å². The van der Waals surface area contributed by atoms with Crippen molar-refractivity contribution < 1.29 is 37.6 Å². The van der Waals surface area contributed by atoms with E-state index in [-0.39, 0.29) is 32.6 Å². The highest BCUT2D eigenvalue weighted by molar-refractivity contribution is 7.47. The summed E-state index contributed by atoms with van der Waals surface area (Å²) in [6.07, 6.45) is 114. The van der Waals surface area contributed by atoms with Gasteiger partial charge < -0.3 is 20.1 Å². The highest BCUT2D eigenvalue weighted by atomic mass is 31.2. The lowest BCUT2D eigenvalue weighted by Crippen LogP contribution is -2.29. The summed E-state index contributed by atoms with van der Waals surface area (Å²) >= 11 is 0. The number of allylic oxidation sites excluding steroid dienone is 30. The molecule has 0 fully saturated rings. The van der Waals surface area contributed by atoms with Gasteiger partial charge in [0.1, 0.15) is 6.61 Å². The largest absolute Gasteiger partial charge is 0.472 e. The summed E-state index contributed by atoms with van der Waals surface area (Å²) in [6.45, 7) is 3.51. The van der Waals surface area contributed by atoms with Gasteiger partial charge in [0.2, 0.25) is 0 Å². The molecule has 10 heteroatoms. The van der Waals surface area contributed by atoms with Crippen LogP contribution in [0.4, 0.5) is 0 Å². The van der Waals surface area contributed by atoms with Crippen molar-refractivity contribution in [3.05, 3.63) is 182 Å². The Balaban J connectivity index is 3.91. The first kappa shape index (κ1) is 88.1. The number of hydrogen-bond donors (Lipinski definition) is 2. The molecule has 0 heterocycles. The second-order valence-corrected chi connectivity index (χ2v) is 25.5. The second kappa shape index (κ2) is 76.1. The predicted octanol–water partition coefficient (Wildman–Crippen LogP) is 25.1. The molecule has 0 aromatic carbocycles. The number of phosphoric acid groups is 1. The van der Waals surface area contributed by atoms with Gasteiger partial charge in [-0.3, -0.25) is 18.6 Å². The van der Waals surface area contributed by atoms with Crippen LogP contribution >= 0.6 is 7.82 Å². The minimum Gasteiger partial charge on any atom is -0.462 e. The average Bonchev–Trinajstić information content (AvgIpc) is 3.49. The first-order chi connectivity index (χ1) is 45.8. The lowest BCUT2D eigenvalue weighted by molar-refractivity contribution is -0.161. The number of carbonyl (C=O) groups is 2. The molecule has 0 rings (SSSR count). The number of rotatable bonds is 68. The molecule has 0 aromatic heterocycles. The van der Waals surface area contributed by atoms with E-state index in [9.17, 15) is 19.0 Å². The lowest BCUT2D eigenvalue weighted by atomic mass is 10.0. The van der Waals surface area contributed by atoms with Crippen LogP contribution in [0.15, 0.2) is 182 Å². The zero-order valence-corrected chi connectivity index (χ0v) is 60.1. The third-order valence-corrected chi connectivity index (χ3v) is 16.3. The van der Waals surface area contributed by atoms with Crippen molar-refractivity contribution in [3.8, 4) is 0 Å². The molecule has 526 valence electrons. The van der Waals surface area contributed by atoms with Gasteiger partial charge in [-0.15, -0.1) is 0 Å². The van der Waals surface area contributed by atoms with E-state index in [1.54, 1.807) is 0 Å². The van der Waals surface area contributed by atoms with Crippen molar-refractivity contribution in [3.63, 3.8) is 0 Å². The number of phosphoric ester groups is 1. The Kier molecular flexibility index (Phi) is 72.1. The molecule has 0 aliphatic rings. The van der Waals surface area contributed by atoms with E-state index in [1.165, 1.54) is 116 Å². The van der Waals surface area contributed by atoms with E-state index < -0.39 is 32.5 Å². The smallest absolute Gasteiger partial charge is 0.462 e. The van der Waals surface area contributed by atoms with Crippen LogP contribution in [0.5, 0.6) is 0 Å². The Morgan fingerprint density at radius 2 is 0.559 bits per heavy atom. The standard InChI is InChI=1S/C83H136NO8P/c1-3-5-7-9-11-13-15-17-19-21-23-25-27-29-31-33-35-36-37-38-39-40-41-42-43-44-46-48-50-52-54-56-58-60-62-64-66-68-70-72-74-76-83(86)92-81(80-91-93(87,88)90-78-77-84)79-89-82(85)75-73-71-69-67-65-63-61-59-57-55-53-51-49-47-45-34-32-30-28-26-24-22-20-18-16-14-12-10-8-6-4-2/h5-8,11-14,17-20,23-26,29-32,35-36,38-39,41-42,45,47,51,53,81H,3-4,9-10,15-16,21-22,27-28,33-34,37,40,43-44,46,48-50,52,54-80,84H2,1-2H3,(H,87,88)/b7-5-,8-6-,13-11-,14-12-,19-17-,20-18-,25-23-,26-24-,31-29-,32-30-,36-35-,39-38-,42-41-,47-45-,53-51-. The Morgan fingerprint density at radius 1 is 0.323 bits per heavy atom. The molecule has 3 N–H and O–H groups in total. The molecule has 0 bridgehead atoms. The third kappa shape index (κ3) is 76.0. The molecule has 2 unspecified atom stereocenters. The topological polar surface area (TPSA) is 134 Å². The molecule has 93 heavy (non-hydrogen) atoms. The molecule has 0 radical (unpaired) electrons. The van der Waals surface area contributed by atoms with E-state index >= 15 is 0 Å². The fourth-order valence-corrected chi connectivity index (χ4v) is 10.6. The third-order valence-electron chi connectivity index (χ3n) is 15.3. The van der Waals surface area contributed by atoms with E-state index in [4.69, 9.17) is 24.3 Å². The summed E-state index contributed by atoms with van der Waals surface area (Å²) in [7, 11) is -4.41.